The minimum Gasteiger partial charge on any atom is -0.488 e. The van der Waals surface area contributed by atoms with E-state index in [9.17, 15) is 14.4 Å². The number of hydrogen-bond donors (Lipinski definition) is 2. The molecular weight excluding hydrogens is 603 g/mol. The highest BCUT2D eigenvalue weighted by atomic mass is 31.2. The van der Waals surface area contributed by atoms with Gasteiger partial charge in [0.2, 0.25) is 6.79 Å². The van der Waals surface area contributed by atoms with Crippen molar-refractivity contribution >= 4 is 19.0 Å². The third-order valence-corrected chi connectivity index (χ3v) is 9.46. The van der Waals surface area contributed by atoms with E-state index in [0.29, 0.717) is 5.75 Å². The molecule has 2 fully saturated rings. The minimum atomic E-state index is -4.66. The van der Waals surface area contributed by atoms with Crippen molar-refractivity contribution in [1.82, 2.24) is 9.80 Å². The number of phosphoric ester groups is 1. The first kappa shape index (κ1) is 32.6. The van der Waals surface area contributed by atoms with Gasteiger partial charge in [-0.1, -0.05) is 50.1 Å². The fourth-order valence-electron chi connectivity index (χ4n) is 6.83. The van der Waals surface area contributed by atoms with E-state index in [1.54, 1.807) is 12.1 Å². The molecule has 6 rings (SSSR count). The Balaban J connectivity index is 1.30. The van der Waals surface area contributed by atoms with E-state index in [1.165, 1.54) is 38.5 Å². The lowest BCUT2D eigenvalue weighted by molar-refractivity contribution is 0.0765. The van der Waals surface area contributed by atoms with Crippen LogP contribution >= 0.6 is 7.82 Å². The molecule has 3 aromatic rings. The van der Waals surface area contributed by atoms with Crippen LogP contribution in [0, 0.1) is 0 Å². The SMILES string of the molecule is CCC(=C(c1ccc(OC(CN2CCCCC2)CN2CCCCC2)cc1)c1ccc(OP(=O)(O)O)cc1)c1ccc2c(c1)OCO2. The third-order valence-electron chi connectivity index (χ3n) is 9.01. The largest absolute Gasteiger partial charge is 0.524 e. The number of hydrogen-bond acceptors (Lipinski definition) is 7. The molecule has 2 N–H and O–H groups in total. The Hall–Kier alpha value is -3.33. The Morgan fingerprint density at radius 3 is 1.80 bits per heavy atom. The summed E-state index contributed by atoms with van der Waals surface area (Å²) in [5, 5.41) is 0. The first-order valence-electron chi connectivity index (χ1n) is 16.5. The number of benzene rings is 3. The van der Waals surface area contributed by atoms with Crippen LogP contribution < -0.4 is 18.7 Å². The molecule has 0 aliphatic carbocycles. The summed E-state index contributed by atoms with van der Waals surface area (Å²) in [7, 11) is -4.66. The van der Waals surface area contributed by atoms with Gasteiger partial charge in [0.05, 0.1) is 0 Å². The van der Waals surface area contributed by atoms with Gasteiger partial charge in [-0.15, -0.1) is 0 Å². The van der Waals surface area contributed by atoms with Crippen LogP contribution in [0.1, 0.15) is 68.6 Å². The van der Waals surface area contributed by atoms with E-state index >= 15 is 0 Å². The smallest absolute Gasteiger partial charge is 0.488 e. The number of fused-ring (bicyclic) bond motifs is 1. The zero-order chi connectivity index (χ0) is 31.9. The molecule has 0 atom stereocenters. The molecule has 3 aliphatic heterocycles. The summed E-state index contributed by atoms with van der Waals surface area (Å²) in [6.07, 6.45) is 8.51. The fraction of sp³-hybridized carbons (Fsp3) is 0.444. The summed E-state index contributed by atoms with van der Waals surface area (Å²) >= 11 is 0. The van der Waals surface area contributed by atoms with Gasteiger partial charge < -0.3 is 18.7 Å². The predicted octanol–water partition coefficient (Wildman–Crippen LogP) is 6.98. The molecule has 3 aromatic carbocycles. The van der Waals surface area contributed by atoms with Crippen LogP contribution in [0.2, 0.25) is 0 Å². The standard InChI is InChI=1S/C36H45N2O7P/c1-2-33(29-13-18-34-35(23-29)43-26-42-34)36(28-11-16-31(17-12-28)45-46(39,40)41)27-9-14-30(15-10-27)44-32(24-37-19-5-3-6-20-37)25-38-21-7-4-8-22-38/h9-18,23,32H,2-8,19-22,24-26H2,1H3,(H2,39,40,41). The first-order valence-corrected chi connectivity index (χ1v) is 18.1. The Morgan fingerprint density at radius 1 is 0.739 bits per heavy atom. The quantitative estimate of drug-likeness (QED) is 0.159. The minimum absolute atomic E-state index is 0.0958. The topological polar surface area (TPSA) is 101 Å². The maximum absolute atomic E-state index is 11.4. The summed E-state index contributed by atoms with van der Waals surface area (Å²) in [4.78, 5) is 23.7. The molecule has 0 radical (unpaired) electrons. The second kappa shape index (κ2) is 15.1. The molecule has 3 heterocycles. The average molecular weight is 649 g/mol. The van der Waals surface area contributed by atoms with E-state index in [2.05, 4.69) is 41.0 Å². The third kappa shape index (κ3) is 8.52. The normalized spacial score (nSPS) is 18.0. The highest BCUT2D eigenvalue weighted by Gasteiger charge is 2.23. The van der Waals surface area contributed by atoms with Crippen molar-refractivity contribution in [2.75, 3.05) is 46.1 Å². The van der Waals surface area contributed by atoms with Gasteiger partial charge in [-0.25, -0.2) is 4.57 Å². The number of phosphoric acid groups is 1. The van der Waals surface area contributed by atoms with Crippen molar-refractivity contribution in [1.29, 1.82) is 0 Å². The van der Waals surface area contributed by atoms with Crippen molar-refractivity contribution in [3.8, 4) is 23.0 Å². The van der Waals surface area contributed by atoms with Gasteiger partial charge in [0.25, 0.3) is 0 Å². The Bertz CT molecular complexity index is 1500. The molecule has 46 heavy (non-hydrogen) atoms. The lowest BCUT2D eigenvalue weighted by atomic mass is 9.88. The highest BCUT2D eigenvalue weighted by molar-refractivity contribution is 7.46. The van der Waals surface area contributed by atoms with Crippen molar-refractivity contribution in [3.05, 3.63) is 83.4 Å². The van der Waals surface area contributed by atoms with Crippen LogP contribution in [-0.4, -0.2) is 71.8 Å². The van der Waals surface area contributed by atoms with Crippen molar-refractivity contribution in [3.63, 3.8) is 0 Å². The lowest BCUT2D eigenvalue weighted by Crippen LogP contribution is -2.46. The van der Waals surface area contributed by atoms with E-state index in [-0.39, 0.29) is 18.6 Å². The molecule has 9 nitrogen and oxygen atoms in total. The fourth-order valence-corrected chi connectivity index (χ4v) is 7.23. The van der Waals surface area contributed by atoms with Crippen LogP contribution in [0.4, 0.5) is 0 Å². The molecule has 0 amide bonds. The maximum Gasteiger partial charge on any atom is 0.524 e. The van der Waals surface area contributed by atoms with Crippen LogP contribution in [0.25, 0.3) is 11.1 Å². The average Bonchev–Trinajstić information content (AvgIpc) is 3.53. The molecule has 3 aliphatic rings. The lowest BCUT2D eigenvalue weighted by Gasteiger charge is -2.34. The molecule has 0 unspecified atom stereocenters. The van der Waals surface area contributed by atoms with Gasteiger partial charge in [0, 0.05) is 13.1 Å². The monoisotopic (exact) mass is 648 g/mol. The zero-order valence-electron chi connectivity index (χ0n) is 26.6. The van der Waals surface area contributed by atoms with Gasteiger partial charge in [-0.2, -0.15) is 0 Å². The summed E-state index contributed by atoms with van der Waals surface area (Å²) in [5.41, 5.74) is 5.03. The molecule has 10 heteroatoms. The Kier molecular flexibility index (Phi) is 10.7. The number of likely N-dealkylation sites (tertiary alicyclic amines) is 2. The number of piperidine rings is 2. The Morgan fingerprint density at radius 2 is 1.26 bits per heavy atom. The number of allylic oxidation sites excluding steroid dienone is 1. The molecule has 0 aromatic heterocycles. The molecular formula is C36H45N2O7P. The van der Waals surface area contributed by atoms with Gasteiger partial charge in [-0.05, 0) is 123 Å². The van der Waals surface area contributed by atoms with Gasteiger partial charge in [0.15, 0.2) is 11.5 Å². The van der Waals surface area contributed by atoms with Crippen LogP contribution in [0.5, 0.6) is 23.0 Å². The first-order chi connectivity index (χ1) is 22.3. The zero-order valence-corrected chi connectivity index (χ0v) is 27.5. The molecule has 0 spiro atoms. The van der Waals surface area contributed by atoms with Gasteiger partial charge in [0.1, 0.15) is 17.6 Å². The second-order valence-corrected chi connectivity index (χ2v) is 13.5. The summed E-state index contributed by atoms with van der Waals surface area (Å²) < 4.78 is 34.2. The molecule has 0 bridgehead atoms. The molecule has 0 saturated carbocycles. The van der Waals surface area contributed by atoms with Crippen LogP contribution in [0.3, 0.4) is 0 Å². The second-order valence-electron chi connectivity index (χ2n) is 12.4. The van der Waals surface area contributed by atoms with Crippen molar-refractivity contribution in [2.24, 2.45) is 0 Å². The maximum atomic E-state index is 11.4. The van der Waals surface area contributed by atoms with Crippen molar-refractivity contribution in [2.45, 2.75) is 58.0 Å². The van der Waals surface area contributed by atoms with Crippen LogP contribution in [-0.2, 0) is 4.57 Å². The van der Waals surface area contributed by atoms with E-state index in [4.69, 9.17) is 18.7 Å². The van der Waals surface area contributed by atoms with Gasteiger partial charge >= 0.3 is 7.82 Å². The predicted molar refractivity (Wildman–Crippen MR) is 179 cm³/mol. The van der Waals surface area contributed by atoms with Crippen molar-refractivity contribution < 1.29 is 33.1 Å². The molecule has 246 valence electrons. The highest BCUT2D eigenvalue weighted by Crippen LogP contribution is 2.41. The number of ether oxygens (including phenoxy) is 3. The van der Waals surface area contributed by atoms with E-state index in [1.807, 2.05) is 30.3 Å². The summed E-state index contributed by atoms with van der Waals surface area (Å²) in [6, 6.07) is 21.2. The summed E-state index contributed by atoms with van der Waals surface area (Å²) in [6.45, 7) is 8.78. The number of nitrogens with zero attached hydrogens (tertiary/aromatic N) is 2. The number of rotatable bonds is 12. The Labute approximate surface area is 272 Å². The van der Waals surface area contributed by atoms with E-state index in [0.717, 1.165) is 85.0 Å². The summed E-state index contributed by atoms with van der Waals surface area (Å²) in [5.74, 6) is 2.40. The van der Waals surface area contributed by atoms with E-state index < -0.39 is 7.82 Å². The molecule has 2 saturated heterocycles. The van der Waals surface area contributed by atoms with Gasteiger partial charge in [-0.3, -0.25) is 19.6 Å². The van der Waals surface area contributed by atoms with Crippen LogP contribution in [0.15, 0.2) is 66.7 Å².